The molecule has 7 heteroatoms. The van der Waals surface area contributed by atoms with Crippen molar-refractivity contribution in [2.45, 2.75) is 0 Å². The van der Waals surface area contributed by atoms with Gasteiger partial charge in [0.05, 0.1) is 17.3 Å². The standard InChI is InChI=1S/C11H13N7/c1-12-9-8-3-4-13-10(8)17-11(16-9)15-7-5-14-18(2)6-7/h3-6H,1-2H3,(H3,12,13,15,16,17). The maximum absolute atomic E-state index is 4.41. The Morgan fingerprint density at radius 1 is 1.33 bits per heavy atom. The van der Waals surface area contributed by atoms with Crippen LogP contribution in [0.1, 0.15) is 0 Å². The van der Waals surface area contributed by atoms with Gasteiger partial charge in [-0.1, -0.05) is 0 Å². The van der Waals surface area contributed by atoms with Gasteiger partial charge in [0.15, 0.2) is 0 Å². The van der Waals surface area contributed by atoms with Crippen molar-refractivity contribution in [1.29, 1.82) is 0 Å². The molecule has 0 amide bonds. The van der Waals surface area contributed by atoms with Crippen molar-refractivity contribution < 1.29 is 0 Å². The molecule has 3 aromatic heterocycles. The van der Waals surface area contributed by atoms with Crippen LogP contribution in [-0.2, 0) is 7.05 Å². The molecule has 3 N–H and O–H groups in total. The quantitative estimate of drug-likeness (QED) is 0.649. The molecule has 0 saturated carbocycles. The number of aromatic nitrogens is 5. The number of hydrogen-bond donors (Lipinski definition) is 3. The summed E-state index contributed by atoms with van der Waals surface area (Å²) in [6, 6.07) is 1.94. The Labute approximate surface area is 103 Å². The van der Waals surface area contributed by atoms with Crippen LogP contribution in [0.2, 0.25) is 0 Å². The number of fused-ring (bicyclic) bond motifs is 1. The fraction of sp³-hybridized carbons (Fsp3) is 0.182. The molecule has 0 aliphatic rings. The Bertz CT molecular complexity index is 682. The number of nitrogens with zero attached hydrogens (tertiary/aromatic N) is 4. The number of aromatic amines is 1. The minimum absolute atomic E-state index is 0.530. The van der Waals surface area contributed by atoms with Gasteiger partial charge in [-0.3, -0.25) is 4.68 Å². The molecule has 0 bridgehead atoms. The van der Waals surface area contributed by atoms with Crippen LogP contribution < -0.4 is 10.6 Å². The zero-order chi connectivity index (χ0) is 12.5. The van der Waals surface area contributed by atoms with Gasteiger partial charge in [0, 0.05) is 26.5 Å². The molecule has 0 unspecified atom stereocenters. The zero-order valence-corrected chi connectivity index (χ0v) is 10.1. The molecular formula is C11H13N7. The van der Waals surface area contributed by atoms with Gasteiger partial charge < -0.3 is 15.6 Å². The Hall–Kier alpha value is -2.57. The number of hydrogen-bond acceptors (Lipinski definition) is 5. The second-order valence-corrected chi connectivity index (χ2v) is 3.91. The van der Waals surface area contributed by atoms with Crippen LogP contribution in [0.15, 0.2) is 24.7 Å². The minimum Gasteiger partial charge on any atom is -0.372 e. The van der Waals surface area contributed by atoms with Crippen LogP contribution in [0, 0.1) is 0 Å². The summed E-state index contributed by atoms with van der Waals surface area (Å²) in [4.78, 5) is 11.9. The van der Waals surface area contributed by atoms with Crippen LogP contribution >= 0.6 is 0 Å². The van der Waals surface area contributed by atoms with Crippen molar-refractivity contribution in [1.82, 2.24) is 24.7 Å². The van der Waals surface area contributed by atoms with E-state index in [4.69, 9.17) is 0 Å². The lowest BCUT2D eigenvalue weighted by atomic mass is 10.4. The number of anilines is 3. The lowest BCUT2D eigenvalue weighted by Crippen LogP contribution is -2.01. The van der Waals surface area contributed by atoms with Crippen molar-refractivity contribution in [3.8, 4) is 0 Å². The summed E-state index contributed by atoms with van der Waals surface area (Å²) >= 11 is 0. The van der Waals surface area contributed by atoms with E-state index in [-0.39, 0.29) is 0 Å². The van der Waals surface area contributed by atoms with E-state index < -0.39 is 0 Å². The molecule has 0 fully saturated rings. The van der Waals surface area contributed by atoms with Gasteiger partial charge in [0.25, 0.3) is 0 Å². The van der Waals surface area contributed by atoms with Gasteiger partial charge in [-0.25, -0.2) is 0 Å². The summed E-state index contributed by atoms with van der Waals surface area (Å²) in [7, 11) is 3.70. The molecule has 3 aromatic rings. The number of H-pyrrole nitrogens is 1. The lowest BCUT2D eigenvalue weighted by molar-refractivity contribution is 0.768. The van der Waals surface area contributed by atoms with Crippen molar-refractivity contribution >= 4 is 28.5 Å². The summed E-state index contributed by atoms with van der Waals surface area (Å²) < 4.78 is 1.72. The Morgan fingerprint density at radius 2 is 2.22 bits per heavy atom. The predicted octanol–water partition coefficient (Wildman–Crippen LogP) is 1.48. The fourth-order valence-electron chi connectivity index (χ4n) is 1.80. The Morgan fingerprint density at radius 3 is 2.94 bits per heavy atom. The second kappa shape index (κ2) is 4.02. The highest BCUT2D eigenvalue weighted by atomic mass is 15.3. The molecule has 0 radical (unpaired) electrons. The largest absolute Gasteiger partial charge is 0.372 e. The third kappa shape index (κ3) is 1.75. The molecular weight excluding hydrogens is 230 g/mol. The summed E-state index contributed by atoms with van der Waals surface area (Å²) in [5.74, 6) is 1.31. The monoisotopic (exact) mass is 243 g/mol. The number of rotatable bonds is 3. The van der Waals surface area contributed by atoms with E-state index in [2.05, 4.69) is 30.7 Å². The van der Waals surface area contributed by atoms with Crippen LogP contribution in [0.25, 0.3) is 11.0 Å². The molecule has 0 saturated heterocycles. The van der Waals surface area contributed by atoms with E-state index in [0.717, 1.165) is 22.5 Å². The first-order valence-electron chi connectivity index (χ1n) is 5.55. The second-order valence-electron chi connectivity index (χ2n) is 3.91. The summed E-state index contributed by atoms with van der Waals surface area (Å²) in [5.41, 5.74) is 1.64. The van der Waals surface area contributed by atoms with Crippen molar-refractivity contribution in [2.24, 2.45) is 7.05 Å². The third-order valence-corrected chi connectivity index (χ3v) is 2.61. The maximum Gasteiger partial charge on any atom is 0.231 e. The smallest absolute Gasteiger partial charge is 0.231 e. The topological polar surface area (TPSA) is 83.4 Å². The minimum atomic E-state index is 0.530. The molecule has 0 aliphatic heterocycles. The summed E-state index contributed by atoms with van der Waals surface area (Å²) in [6.45, 7) is 0. The molecule has 92 valence electrons. The van der Waals surface area contributed by atoms with Crippen LogP contribution in [-0.4, -0.2) is 31.8 Å². The van der Waals surface area contributed by atoms with E-state index in [9.17, 15) is 0 Å². The number of aryl methyl sites for hydroxylation is 1. The summed E-state index contributed by atoms with van der Waals surface area (Å²) in [6.07, 6.45) is 5.43. The van der Waals surface area contributed by atoms with Gasteiger partial charge in [-0.05, 0) is 6.07 Å². The van der Waals surface area contributed by atoms with Gasteiger partial charge in [0.1, 0.15) is 11.5 Å². The Kier molecular flexibility index (Phi) is 2.36. The predicted molar refractivity (Wildman–Crippen MR) is 69.9 cm³/mol. The third-order valence-electron chi connectivity index (χ3n) is 2.61. The molecule has 3 rings (SSSR count). The Balaban J connectivity index is 2.01. The van der Waals surface area contributed by atoms with Crippen LogP contribution in [0.5, 0.6) is 0 Å². The average molecular weight is 243 g/mol. The van der Waals surface area contributed by atoms with Crippen molar-refractivity contribution in [3.63, 3.8) is 0 Å². The molecule has 0 spiro atoms. The molecule has 0 atom stereocenters. The van der Waals surface area contributed by atoms with Crippen molar-refractivity contribution in [3.05, 3.63) is 24.7 Å². The van der Waals surface area contributed by atoms with Crippen molar-refractivity contribution in [2.75, 3.05) is 17.7 Å². The zero-order valence-electron chi connectivity index (χ0n) is 10.1. The normalized spacial score (nSPS) is 10.8. The molecule has 0 aromatic carbocycles. The van der Waals surface area contributed by atoms with E-state index in [0.29, 0.717) is 5.95 Å². The highest BCUT2D eigenvalue weighted by Gasteiger charge is 2.08. The molecule has 3 heterocycles. The SMILES string of the molecule is CNc1nc(Nc2cnn(C)c2)nc2[nH]ccc12. The molecule has 18 heavy (non-hydrogen) atoms. The lowest BCUT2D eigenvalue weighted by Gasteiger charge is -2.05. The van der Waals surface area contributed by atoms with E-state index in [1.165, 1.54) is 0 Å². The van der Waals surface area contributed by atoms with Gasteiger partial charge in [0.2, 0.25) is 5.95 Å². The first-order chi connectivity index (χ1) is 8.76. The molecule has 0 aliphatic carbocycles. The molecule has 7 nitrogen and oxygen atoms in total. The number of nitrogens with one attached hydrogen (secondary N) is 3. The first kappa shape index (κ1) is 10.6. The highest BCUT2D eigenvalue weighted by Crippen LogP contribution is 2.21. The van der Waals surface area contributed by atoms with E-state index >= 15 is 0 Å². The van der Waals surface area contributed by atoms with E-state index in [1.54, 1.807) is 10.9 Å². The fourth-order valence-corrected chi connectivity index (χ4v) is 1.80. The van der Waals surface area contributed by atoms with Crippen LogP contribution in [0.3, 0.4) is 0 Å². The van der Waals surface area contributed by atoms with E-state index in [1.807, 2.05) is 32.6 Å². The maximum atomic E-state index is 4.41. The average Bonchev–Trinajstić information content (AvgIpc) is 2.97. The highest BCUT2D eigenvalue weighted by molar-refractivity contribution is 5.88. The van der Waals surface area contributed by atoms with Crippen LogP contribution in [0.4, 0.5) is 17.5 Å². The van der Waals surface area contributed by atoms with Gasteiger partial charge in [-0.15, -0.1) is 0 Å². The first-order valence-corrected chi connectivity index (χ1v) is 5.55. The summed E-state index contributed by atoms with van der Waals surface area (Å²) in [5, 5.41) is 11.2. The van der Waals surface area contributed by atoms with Gasteiger partial charge in [-0.2, -0.15) is 15.1 Å². The van der Waals surface area contributed by atoms with Gasteiger partial charge >= 0.3 is 0 Å².